The number of unbranched alkanes of at least 4 members (excludes halogenated alkanes) is 46. The lowest BCUT2D eigenvalue weighted by atomic mass is 9.86. The molecule has 2 amide bonds. The summed E-state index contributed by atoms with van der Waals surface area (Å²) >= 11 is 0. The van der Waals surface area contributed by atoms with Gasteiger partial charge in [-0.15, -0.1) is 0 Å². The van der Waals surface area contributed by atoms with Gasteiger partial charge in [-0.1, -0.05) is 390 Å². The number of hydrogen-bond donors (Lipinski definition) is 1. The van der Waals surface area contributed by atoms with E-state index >= 15 is 0 Å². The van der Waals surface area contributed by atoms with Gasteiger partial charge < -0.3 is 48.8 Å². The quantitative estimate of drug-likeness (QED) is 0.0347. The summed E-state index contributed by atoms with van der Waals surface area (Å²) in [5.74, 6) is 2.96. The molecule has 16 nitrogen and oxygen atoms in total. The van der Waals surface area contributed by atoms with E-state index in [9.17, 15) is 28.8 Å². The van der Waals surface area contributed by atoms with Gasteiger partial charge in [0.1, 0.15) is 0 Å². The Bertz CT molecular complexity index is 2500. The number of ether oxygens (including phenoxy) is 4. The first-order valence-corrected chi connectivity index (χ1v) is 59.5. The van der Waals surface area contributed by atoms with E-state index in [1.165, 1.54) is 308 Å². The summed E-state index contributed by atoms with van der Waals surface area (Å²) in [6.07, 6.45) is 88.3. The molecule has 0 saturated heterocycles. The molecule has 0 fully saturated rings. The number of nitrogens with one attached hydrogen (secondary N) is 1. The third kappa shape index (κ3) is 90.0. The zero-order chi connectivity index (χ0) is 97.9. The van der Waals surface area contributed by atoms with Gasteiger partial charge in [-0.05, 0) is 224 Å². The second-order valence-corrected chi connectivity index (χ2v) is 42.3. The topological polar surface area (TPSA) is 168 Å². The number of esters is 4. The van der Waals surface area contributed by atoms with E-state index in [4.69, 9.17) is 18.9 Å². The molecule has 5 atom stereocenters. The Hall–Kier alpha value is -3.34. The van der Waals surface area contributed by atoms with Crippen LogP contribution in [0.2, 0.25) is 0 Å². The van der Waals surface area contributed by atoms with Gasteiger partial charge in [-0.2, -0.15) is 0 Å². The van der Waals surface area contributed by atoms with Gasteiger partial charge in [0.25, 0.3) is 0 Å². The van der Waals surface area contributed by atoms with Crippen LogP contribution in [-0.2, 0) is 47.7 Å². The minimum Gasteiger partial charge on any atom is -0.465 e. The van der Waals surface area contributed by atoms with Crippen LogP contribution in [-0.4, -0.2) is 186 Å². The third-order valence-electron chi connectivity index (χ3n) is 29.1. The Kier molecular flexibility index (Phi) is 100. The van der Waals surface area contributed by atoms with Crippen LogP contribution in [0.4, 0.5) is 0 Å². The normalized spacial score (nSPS) is 12.9. The predicted octanol–water partition coefficient (Wildman–Crippen LogP) is 32.3. The molecular weight excluding hydrogens is 1660 g/mol. The van der Waals surface area contributed by atoms with Crippen LogP contribution in [0.3, 0.4) is 0 Å². The molecule has 0 aliphatic heterocycles. The summed E-state index contributed by atoms with van der Waals surface area (Å²) in [4.78, 5) is 90.9. The number of likely N-dealkylation sites (N-methyl/N-ethyl adjacent to an activating group) is 2. The van der Waals surface area contributed by atoms with E-state index in [-0.39, 0.29) is 29.8 Å². The van der Waals surface area contributed by atoms with E-state index in [0.717, 1.165) is 239 Å². The monoisotopic (exact) mass is 1890 g/mol. The highest BCUT2D eigenvalue weighted by Gasteiger charge is 2.22. The van der Waals surface area contributed by atoms with Crippen molar-refractivity contribution in [2.45, 2.75) is 570 Å². The first-order chi connectivity index (χ1) is 65.5. The summed E-state index contributed by atoms with van der Waals surface area (Å²) in [5.41, 5.74) is 0. The number of amides is 2. The van der Waals surface area contributed by atoms with E-state index in [2.05, 4.69) is 113 Å². The highest BCUT2D eigenvalue weighted by atomic mass is 16.5. The van der Waals surface area contributed by atoms with Crippen molar-refractivity contribution in [1.29, 1.82) is 0 Å². The first kappa shape index (κ1) is 131. The van der Waals surface area contributed by atoms with Crippen LogP contribution in [0.15, 0.2) is 0 Å². The fourth-order valence-corrected chi connectivity index (χ4v) is 19.5. The summed E-state index contributed by atoms with van der Waals surface area (Å²) in [5, 5.41) is 3.18. The molecule has 1 N–H and O–H groups in total. The molecule has 5 unspecified atom stereocenters. The minimum absolute atomic E-state index is 0.00141. The number of nitrogens with zero attached hydrogens (tertiary/aromatic N) is 5. The fourth-order valence-electron chi connectivity index (χ4n) is 19.5. The second-order valence-electron chi connectivity index (χ2n) is 42.3. The van der Waals surface area contributed by atoms with Crippen molar-refractivity contribution in [1.82, 2.24) is 29.8 Å². The Labute approximate surface area is 833 Å². The fraction of sp³-hybridized carbons (Fsp3) is 0.949. The van der Waals surface area contributed by atoms with Crippen molar-refractivity contribution in [2.75, 3.05) is 126 Å². The van der Waals surface area contributed by atoms with Gasteiger partial charge in [0, 0.05) is 84.3 Å². The standard InChI is InChI=1S/C118H232N6O10/c1-13-23-32-38-41-48-64-84-113(125)119-90-69-74-91-120(11)99-101-122(93-70-53-44-42-49-65-86-115(127)131-104-109(76-29-19-7)78-57-35-26-16-4)94-71-54-45-43-50-66-87-118(130)134-107-112(83-59-37-28-18-6)103-108(22-10)77-60-51-52-63-82-111(81-62-47-40-34-25-15-3)106-133-117(129)89-68-56-73-96-123(102-100-121(12)92-75-85-114(126)124(97-30-20-8)98-31-21-9)95-72-55-67-88-116(128)132-105-110(79-58-36-27-17-5)80-61-46-39-33-24-14-2/h108-112H,13-107H2,1-12H3,(H,119,125). The third-order valence-corrected chi connectivity index (χ3v) is 29.1. The molecule has 0 aromatic rings. The molecule has 0 radical (unpaired) electrons. The van der Waals surface area contributed by atoms with Crippen molar-refractivity contribution in [2.24, 2.45) is 29.6 Å². The van der Waals surface area contributed by atoms with Crippen LogP contribution in [0.25, 0.3) is 0 Å². The van der Waals surface area contributed by atoms with Crippen molar-refractivity contribution in [3.63, 3.8) is 0 Å². The van der Waals surface area contributed by atoms with Crippen LogP contribution < -0.4 is 5.32 Å². The van der Waals surface area contributed by atoms with Gasteiger partial charge in [-0.3, -0.25) is 28.8 Å². The van der Waals surface area contributed by atoms with Crippen molar-refractivity contribution in [3.8, 4) is 0 Å². The molecule has 0 aliphatic carbocycles. The zero-order valence-corrected chi connectivity index (χ0v) is 91.9. The summed E-state index contributed by atoms with van der Waals surface area (Å²) < 4.78 is 24.1. The first-order valence-electron chi connectivity index (χ1n) is 59.5. The van der Waals surface area contributed by atoms with Crippen LogP contribution in [0.5, 0.6) is 0 Å². The molecule has 0 aromatic carbocycles. The van der Waals surface area contributed by atoms with Crippen LogP contribution in [0.1, 0.15) is 570 Å². The molecular formula is C118H232N6O10. The Balaban J connectivity index is 5.45. The van der Waals surface area contributed by atoms with Crippen LogP contribution >= 0.6 is 0 Å². The van der Waals surface area contributed by atoms with E-state index < -0.39 is 0 Å². The van der Waals surface area contributed by atoms with E-state index in [1.54, 1.807) is 0 Å². The number of carbonyl (C=O) groups is 6. The Morgan fingerprint density at radius 3 is 0.806 bits per heavy atom. The molecule has 0 bridgehead atoms. The SMILES string of the molecule is CCCCCCCCCC(=O)NCCCCN(C)CCN(CCCCCCCCC(=O)OCC(CCCC)CCCCCC)CCCCCCCCC(=O)OCC(CCCCCC)CC(CC)CCCCCCC(CCCCCCCC)COC(=O)CCCCCN(CCCCCC(=O)OCC(CCCCCC)CCCCCCCC)CCN(C)CCCC(=O)N(CCCC)CCCC. The molecule has 0 spiro atoms. The summed E-state index contributed by atoms with van der Waals surface area (Å²) in [6.45, 7) is 37.8. The molecule has 0 heterocycles. The van der Waals surface area contributed by atoms with Gasteiger partial charge in [0.2, 0.25) is 11.8 Å². The average molecular weight is 1900 g/mol. The van der Waals surface area contributed by atoms with Gasteiger partial charge in [-0.25, -0.2) is 0 Å². The van der Waals surface area contributed by atoms with Gasteiger partial charge in [0.05, 0.1) is 26.4 Å². The second kappa shape index (κ2) is 103. The van der Waals surface area contributed by atoms with E-state index in [0.29, 0.717) is 100 Å². The Morgan fingerprint density at radius 1 is 0.216 bits per heavy atom. The van der Waals surface area contributed by atoms with Gasteiger partial charge in [0.15, 0.2) is 0 Å². The molecule has 0 aliphatic rings. The molecule has 0 aromatic heterocycles. The molecule has 0 saturated carbocycles. The molecule has 0 rings (SSSR count). The zero-order valence-electron chi connectivity index (χ0n) is 91.9. The molecule has 16 heteroatoms. The Morgan fingerprint density at radius 2 is 0.470 bits per heavy atom. The maximum absolute atomic E-state index is 13.5. The minimum atomic E-state index is -0.0354. The lowest BCUT2D eigenvalue weighted by molar-refractivity contribution is -0.146. The van der Waals surface area contributed by atoms with Crippen LogP contribution in [0, 0.1) is 29.6 Å². The smallest absolute Gasteiger partial charge is 0.305 e. The lowest BCUT2D eigenvalue weighted by Gasteiger charge is -2.26. The maximum atomic E-state index is 13.5. The van der Waals surface area contributed by atoms with Crippen molar-refractivity contribution < 1.29 is 47.7 Å². The maximum Gasteiger partial charge on any atom is 0.305 e. The summed E-state index contributed by atoms with van der Waals surface area (Å²) in [6, 6.07) is 0. The molecule has 134 heavy (non-hydrogen) atoms. The average Bonchev–Trinajstić information content (AvgIpc) is 0.932. The largest absolute Gasteiger partial charge is 0.465 e. The highest BCUT2D eigenvalue weighted by molar-refractivity contribution is 5.76. The molecule has 794 valence electrons. The van der Waals surface area contributed by atoms with Crippen molar-refractivity contribution in [3.05, 3.63) is 0 Å². The van der Waals surface area contributed by atoms with Gasteiger partial charge >= 0.3 is 23.9 Å². The van der Waals surface area contributed by atoms with Crippen molar-refractivity contribution >= 4 is 35.7 Å². The number of rotatable bonds is 109. The predicted molar refractivity (Wildman–Crippen MR) is 576 cm³/mol. The highest BCUT2D eigenvalue weighted by Crippen LogP contribution is 2.29. The lowest BCUT2D eigenvalue weighted by Crippen LogP contribution is -2.36. The summed E-state index contributed by atoms with van der Waals surface area (Å²) in [7, 11) is 4.46. The number of carbonyl (C=O) groups excluding carboxylic acids is 6. The number of hydrogen-bond acceptors (Lipinski definition) is 14. The van der Waals surface area contributed by atoms with E-state index in [1.807, 2.05) is 0 Å².